The van der Waals surface area contributed by atoms with Gasteiger partial charge in [-0.2, -0.15) is 0 Å². The molecule has 0 aromatic rings. The second-order valence-electron chi connectivity index (χ2n) is 0. The summed E-state index contributed by atoms with van der Waals surface area (Å²) in [4.78, 5) is 0. The fourth-order valence-corrected chi connectivity index (χ4v) is 0. The summed E-state index contributed by atoms with van der Waals surface area (Å²) in [6.45, 7) is 0. The van der Waals surface area contributed by atoms with Gasteiger partial charge in [0.25, 0.3) is 0 Å². The molecule has 0 bridgehead atoms. The molecule has 0 aliphatic carbocycles. The molecule has 0 saturated carbocycles. The molecule has 0 heterocycles. The van der Waals surface area contributed by atoms with Gasteiger partial charge in [0.15, 0.2) is 0 Å². The Kier molecular flexibility index (Phi) is 817. The van der Waals surface area contributed by atoms with Crippen LogP contribution in [-0.4, -0.2) is 5.48 Å². The van der Waals surface area contributed by atoms with Crippen LogP contribution in [0, 0.1) is 0 Å². The summed E-state index contributed by atoms with van der Waals surface area (Å²) in [5, 5.41) is 0. The van der Waals surface area contributed by atoms with E-state index in [0.717, 1.165) is 0 Å². The van der Waals surface area contributed by atoms with Crippen molar-refractivity contribution >= 4 is 34.0 Å². The van der Waals surface area contributed by atoms with Crippen molar-refractivity contribution in [1.29, 1.82) is 0 Å². The standard InChI is InChI=1S/2BrH.H4N2.H2O/c;;1-2;/h2*1H;1-2H2;1H2. The molecule has 0 aliphatic rings. The minimum atomic E-state index is 0. The molecule has 5 heavy (non-hydrogen) atoms. The summed E-state index contributed by atoms with van der Waals surface area (Å²) >= 11 is 0. The van der Waals surface area contributed by atoms with E-state index in [-0.39, 0.29) is 39.4 Å². The Morgan fingerprint density at radius 1 is 0.800 bits per heavy atom. The van der Waals surface area contributed by atoms with Crippen LogP contribution in [0.3, 0.4) is 0 Å². The van der Waals surface area contributed by atoms with Gasteiger partial charge in [0.05, 0.1) is 0 Å². The molecule has 0 unspecified atom stereocenters. The zero-order valence-corrected chi connectivity index (χ0v) is 5.90. The van der Waals surface area contributed by atoms with Crippen LogP contribution < -0.4 is 11.7 Å². The van der Waals surface area contributed by atoms with E-state index in [1.165, 1.54) is 0 Å². The van der Waals surface area contributed by atoms with Gasteiger partial charge in [-0.05, 0) is 0 Å². The molecule has 0 rings (SSSR count). The number of hydrazine groups is 1. The van der Waals surface area contributed by atoms with Crippen LogP contribution in [0.5, 0.6) is 0 Å². The molecule has 0 aromatic heterocycles. The largest absolute Gasteiger partial charge is 0.412 e. The molecule has 0 spiro atoms. The van der Waals surface area contributed by atoms with Crippen LogP contribution in [0.2, 0.25) is 0 Å². The SMILES string of the molecule is Br.Br.NN.O. The number of hydrogen-bond acceptors (Lipinski definition) is 2. The van der Waals surface area contributed by atoms with Crippen molar-refractivity contribution in [3.05, 3.63) is 0 Å². The predicted octanol–water partition coefficient (Wildman–Crippen LogP) is -0.850. The quantitative estimate of drug-likeness (QED) is 0.404. The van der Waals surface area contributed by atoms with Crippen LogP contribution in [0.4, 0.5) is 0 Å². The molecule has 0 atom stereocenters. The first kappa shape index (κ1) is 40.4. The lowest BCUT2D eigenvalue weighted by Crippen LogP contribution is -2.02. The van der Waals surface area contributed by atoms with Gasteiger partial charge in [0.2, 0.25) is 0 Å². The Morgan fingerprint density at radius 3 is 0.800 bits per heavy atom. The monoisotopic (exact) mass is 210 g/mol. The molecule has 0 fully saturated rings. The number of halogens is 2. The third-order valence-electron chi connectivity index (χ3n) is 0. The molecule has 0 aliphatic heterocycles. The number of rotatable bonds is 0. The van der Waals surface area contributed by atoms with Crippen LogP contribution in [0.15, 0.2) is 0 Å². The third kappa shape index (κ3) is 55.3. The molecule has 0 saturated heterocycles. The van der Waals surface area contributed by atoms with E-state index in [0.29, 0.717) is 0 Å². The smallest absolute Gasteiger partial charge is 0.114 e. The molecule has 38 valence electrons. The van der Waals surface area contributed by atoms with E-state index in [9.17, 15) is 0 Å². The van der Waals surface area contributed by atoms with E-state index >= 15 is 0 Å². The summed E-state index contributed by atoms with van der Waals surface area (Å²) in [5.41, 5.74) is 0. The molecule has 0 aromatic carbocycles. The first-order valence-corrected chi connectivity index (χ1v) is 0.333. The summed E-state index contributed by atoms with van der Waals surface area (Å²) in [7, 11) is 0. The normalized spacial score (nSPS) is 1.20. The van der Waals surface area contributed by atoms with Gasteiger partial charge in [-0.25, -0.2) is 0 Å². The molecule has 0 amide bonds. The van der Waals surface area contributed by atoms with Crippen molar-refractivity contribution in [3.8, 4) is 0 Å². The Labute approximate surface area is 51.5 Å². The summed E-state index contributed by atoms with van der Waals surface area (Å²) in [5.74, 6) is 8.00. The van der Waals surface area contributed by atoms with Gasteiger partial charge in [-0.3, -0.25) is 11.7 Å². The van der Waals surface area contributed by atoms with Crippen LogP contribution in [0.1, 0.15) is 0 Å². The zero-order valence-electron chi connectivity index (χ0n) is 2.47. The predicted molar refractivity (Wildman–Crippen MR) is 32.6 cm³/mol. The average molecular weight is 212 g/mol. The highest BCUT2D eigenvalue weighted by Crippen LogP contribution is 0.847. The van der Waals surface area contributed by atoms with E-state index in [1.54, 1.807) is 0 Å². The van der Waals surface area contributed by atoms with E-state index in [4.69, 9.17) is 0 Å². The lowest BCUT2D eigenvalue weighted by Gasteiger charge is -1.27. The number of hydrogen-bond donors (Lipinski definition) is 2. The highest BCUT2D eigenvalue weighted by molar-refractivity contribution is 8.93. The van der Waals surface area contributed by atoms with Crippen molar-refractivity contribution in [1.82, 2.24) is 0 Å². The van der Waals surface area contributed by atoms with Crippen molar-refractivity contribution in [3.63, 3.8) is 0 Å². The minimum Gasteiger partial charge on any atom is -0.412 e. The summed E-state index contributed by atoms with van der Waals surface area (Å²) in [6.07, 6.45) is 0. The zero-order chi connectivity index (χ0) is 2.00. The van der Waals surface area contributed by atoms with E-state index < -0.39 is 0 Å². The molecular formula is H8Br2N2O. The van der Waals surface area contributed by atoms with Crippen molar-refractivity contribution in [2.24, 2.45) is 11.7 Å². The Balaban J connectivity index is -0.00000000167. The van der Waals surface area contributed by atoms with Gasteiger partial charge >= 0.3 is 0 Å². The maximum absolute atomic E-state index is 4.00. The fourth-order valence-electron chi connectivity index (χ4n) is 0. The Bertz CT molecular complexity index is 7.61. The average Bonchev–Trinajstić information content (AvgIpc) is 1.00. The van der Waals surface area contributed by atoms with Gasteiger partial charge in [-0.1, -0.05) is 0 Å². The third-order valence-corrected chi connectivity index (χ3v) is 0. The minimum absolute atomic E-state index is 0. The molecule has 6 N–H and O–H groups in total. The fraction of sp³-hybridized carbons (Fsp3) is 0. The first-order chi connectivity index (χ1) is 1.00. The van der Waals surface area contributed by atoms with Crippen molar-refractivity contribution < 1.29 is 5.48 Å². The first-order valence-electron chi connectivity index (χ1n) is 0.333. The summed E-state index contributed by atoms with van der Waals surface area (Å²) in [6, 6.07) is 0. The van der Waals surface area contributed by atoms with Crippen molar-refractivity contribution in [2.45, 2.75) is 0 Å². The van der Waals surface area contributed by atoms with Crippen LogP contribution >= 0.6 is 34.0 Å². The second-order valence-corrected chi connectivity index (χ2v) is 0. The van der Waals surface area contributed by atoms with Gasteiger partial charge < -0.3 is 5.48 Å². The lowest BCUT2D eigenvalue weighted by atomic mass is 13.0. The molecule has 3 nitrogen and oxygen atoms in total. The Hall–Kier alpha value is 0.840. The van der Waals surface area contributed by atoms with Gasteiger partial charge in [0, 0.05) is 0 Å². The van der Waals surface area contributed by atoms with Crippen molar-refractivity contribution in [2.75, 3.05) is 0 Å². The molecular weight excluding hydrogens is 204 g/mol. The maximum Gasteiger partial charge on any atom is -0.114 e. The summed E-state index contributed by atoms with van der Waals surface area (Å²) < 4.78 is 0. The van der Waals surface area contributed by atoms with Gasteiger partial charge in [0.1, 0.15) is 0 Å². The lowest BCUT2D eigenvalue weighted by molar-refractivity contribution is 0.824. The van der Waals surface area contributed by atoms with Crippen LogP contribution in [0.25, 0.3) is 0 Å². The number of nitrogens with two attached hydrogens (primary N) is 2. The Morgan fingerprint density at radius 2 is 0.800 bits per heavy atom. The van der Waals surface area contributed by atoms with E-state index in [2.05, 4.69) is 11.7 Å². The molecule has 0 radical (unpaired) electrons. The maximum atomic E-state index is 4.00. The van der Waals surface area contributed by atoms with E-state index in [1.807, 2.05) is 0 Å². The van der Waals surface area contributed by atoms with Gasteiger partial charge in [-0.15, -0.1) is 34.0 Å². The van der Waals surface area contributed by atoms with Crippen LogP contribution in [-0.2, 0) is 0 Å². The highest BCUT2D eigenvalue weighted by Gasteiger charge is 0.726. The second kappa shape index (κ2) is 101. The molecule has 5 heteroatoms. The highest BCUT2D eigenvalue weighted by atomic mass is 79.9. The topological polar surface area (TPSA) is 83.5 Å².